The van der Waals surface area contributed by atoms with Gasteiger partial charge in [-0.1, -0.05) is 60.5 Å². The smallest absolute Gasteiger partial charge is 0.0648 e. The van der Waals surface area contributed by atoms with E-state index in [1.54, 1.807) is 6.07 Å². The summed E-state index contributed by atoms with van der Waals surface area (Å²) in [5.41, 5.74) is 6.03. The summed E-state index contributed by atoms with van der Waals surface area (Å²) < 4.78 is 0. The average Bonchev–Trinajstić information content (AvgIpc) is 2.58. The third kappa shape index (κ3) is 6.54. The lowest BCUT2D eigenvalue weighted by Crippen LogP contribution is -2.25. The van der Waals surface area contributed by atoms with Crippen LogP contribution in [0.4, 0.5) is 5.69 Å². The molecule has 0 fully saturated rings. The molecule has 0 aromatic heterocycles. The molecule has 0 heterocycles. The number of hydrogen-bond donors (Lipinski definition) is 1. The Kier molecular flexibility index (Phi) is 7.51. The van der Waals surface area contributed by atoms with Gasteiger partial charge in [-0.3, -0.25) is 5.43 Å². The van der Waals surface area contributed by atoms with Gasteiger partial charge in [0.05, 0.1) is 21.4 Å². The summed E-state index contributed by atoms with van der Waals surface area (Å²) in [5.74, 6) is 0.269. The molecule has 2 rings (SSSR count). The van der Waals surface area contributed by atoms with Crippen LogP contribution in [0.5, 0.6) is 0 Å². The van der Waals surface area contributed by atoms with E-state index in [0.717, 1.165) is 23.5 Å². The number of rotatable bonds is 7. The fourth-order valence-corrected chi connectivity index (χ4v) is 2.70. The number of halogens is 2. The maximum atomic E-state index is 6.09. The van der Waals surface area contributed by atoms with E-state index >= 15 is 0 Å². The van der Waals surface area contributed by atoms with Gasteiger partial charge in [-0.2, -0.15) is 5.10 Å². The SMILES string of the molecule is CC(CN(C)C)C(C=Cc1ccc(Cl)c(Cl)c1)=NNc1ccccc1. The quantitative estimate of drug-likeness (QED) is 0.498. The first kappa shape index (κ1) is 19.5. The summed E-state index contributed by atoms with van der Waals surface area (Å²) in [7, 11) is 4.11. The van der Waals surface area contributed by atoms with Crippen molar-refractivity contribution in [2.24, 2.45) is 11.0 Å². The Morgan fingerprint density at radius 3 is 2.48 bits per heavy atom. The van der Waals surface area contributed by atoms with Crippen molar-refractivity contribution in [3.05, 3.63) is 70.2 Å². The van der Waals surface area contributed by atoms with Gasteiger partial charge in [-0.05, 0) is 50.0 Å². The van der Waals surface area contributed by atoms with Gasteiger partial charge in [0, 0.05) is 12.5 Å². The van der Waals surface area contributed by atoms with Crippen LogP contribution in [-0.4, -0.2) is 31.3 Å². The first-order valence-electron chi connectivity index (χ1n) is 8.12. The van der Waals surface area contributed by atoms with Crippen LogP contribution < -0.4 is 5.43 Å². The van der Waals surface area contributed by atoms with Crippen molar-refractivity contribution in [3.8, 4) is 0 Å². The predicted molar refractivity (Wildman–Crippen MR) is 111 cm³/mol. The van der Waals surface area contributed by atoms with Gasteiger partial charge in [-0.25, -0.2) is 0 Å². The number of allylic oxidation sites excluding steroid dienone is 1. The van der Waals surface area contributed by atoms with Crippen LogP contribution in [0, 0.1) is 5.92 Å². The molecule has 5 heteroatoms. The van der Waals surface area contributed by atoms with E-state index < -0.39 is 0 Å². The van der Waals surface area contributed by atoms with Crippen molar-refractivity contribution in [1.82, 2.24) is 4.90 Å². The molecule has 0 saturated carbocycles. The monoisotopic (exact) mass is 375 g/mol. The van der Waals surface area contributed by atoms with Crippen LogP contribution in [0.15, 0.2) is 59.7 Å². The Labute approximate surface area is 160 Å². The largest absolute Gasteiger partial charge is 0.309 e. The number of hydrogen-bond acceptors (Lipinski definition) is 3. The molecule has 0 amide bonds. The van der Waals surface area contributed by atoms with Gasteiger partial charge in [0.15, 0.2) is 0 Å². The second-order valence-electron chi connectivity index (χ2n) is 6.18. The van der Waals surface area contributed by atoms with Crippen LogP contribution in [0.2, 0.25) is 10.0 Å². The molecule has 0 saturated heterocycles. The highest BCUT2D eigenvalue weighted by Gasteiger charge is 2.10. The molecular formula is C20H23Cl2N3. The molecule has 1 N–H and O–H groups in total. The lowest BCUT2D eigenvalue weighted by molar-refractivity contribution is 0.381. The summed E-state index contributed by atoms with van der Waals surface area (Å²) in [6.07, 6.45) is 4.02. The van der Waals surface area contributed by atoms with E-state index in [4.69, 9.17) is 23.2 Å². The van der Waals surface area contributed by atoms with Gasteiger partial charge >= 0.3 is 0 Å². The molecule has 2 aromatic rings. The first-order valence-corrected chi connectivity index (χ1v) is 8.88. The Morgan fingerprint density at radius 1 is 1.12 bits per heavy atom. The second-order valence-corrected chi connectivity index (χ2v) is 7.00. The molecule has 1 atom stereocenters. The van der Waals surface area contributed by atoms with Crippen LogP contribution >= 0.6 is 23.2 Å². The average molecular weight is 376 g/mol. The summed E-state index contributed by atoms with van der Waals surface area (Å²) in [4.78, 5) is 2.15. The minimum absolute atomic E-state index is 0.269. The minimum atomic E-state index is 0.269. The predicted octanol–water partition coefficient (Wildman–Crippen LogP) is 5.67. The van der Waals surface area contributed by atoms with Crippen LogP contribution in [0.3, 0.4) is 0 Å². The zero-order chi connectivity index (χ0) is 18.2. The van der Waals surface area contributed by atoms with Crippen molar-refractivity contribution in [2.45, 2.75) is 6.92 Å². The number of hydrazone groups is 1. The lowest BCUT2D eigenvalue weighted by Gasteiger charge is -2.17. The van der Waals surface area contributed by atoms with Gasteiger partial charge in [-0.15, -0.1) is 0 Å². The van der Waals surface area contributed by atoms with E-state index in [-0.39, 0.29) is 5.92 Å². The fraction of sp³-hybridized carbons (Fsp3) is 0.250. The summed E-state index contributed by atoms with van der Waals surface area (Å²) in [5, 5.41) is 5.70. The van der Waals surface area contributed by atoms with Crippen molar-refractivity contribution in [2.75, 3.05) is 26.1 Å². The third-order valence-corrected chi connectivity index (χ3v) is 4.36. The standard InChI is InChI=1S/C20H23Cl2N3/c1-15(14-25(2)3)20(24-23-17-7-5-4-6-8-17)12-10-16-9-11-18(21)19(22)13-16/h4-13,15,23H,14H2,1-3H3. The highest BCUT2D eigenvalue weighted by atomic mass is 35.5. The Morgan fingerprint density at radius 2 is 1.84 bits per heavy atom. The van der Waals surface area contributed by atoms with E-state index in [2.05, 4.69) is 36.4 Å². The normalized spacial score (nSPS) is 13.4. The third-order valence-electron chi connectivity index (χ3n) is 3.62. The number of para-hydroxylation sites is 1. The van der Waals surface area contributed by atoms with Crippen molar-refractivity contribution < 1.29 is 0 Å². The molecule has 0 aliphatic heterocycles. The van der Waals surface area contributed by atoms with Gasteiger partial charge in [0.2, 0.25) is 0 Å². The van der Waals surface area contributed by atoms with Crippen molar-refractivity contribution in [1.29, 1.82) is 0 Å². The molecule has 0 bridgehead atoms. The number of benzene rings is 2. The van der Waals surface area contributed by atoms with E-state index in [1.807, 2.05) is 54.6 Å². The van der Waals surface area contributed by atoms with Crippen LogP contribution in [0.1, 0.15) is 12.5 Å². The molecule has 3 nitrogen and oxygen atoms in total. The molecule has 0 radical (unpaired) electrons. The fourth-order valence-electron chi connectivity index (χ4n) is 2.39. The van der Waals surface area contributed by atoms with E-state index in [1.165, 1.54) is 0 Å². The van der Waals surface area contributed by atoms with Gasteiger partial charge < -0.3 is 4.90 Å². The molecule has 2 aromatic carbocycles. The first-order chi connectivity index (χ1) is 12.0. The number of nitrogens with one attached hydrogen (secondary N) is 1. The molecule has 0 aliphatic rings. The van der Waals surface area contributed by atoms with Crippen molar-refractivity contribution >= 4 is 40.7 Å². The number of anilines is 1. The zero-order valence-corrected chi connectivity index (χ0v) is 16.2. The highest BCUT2D eigenvalue weighted by Crippen LogP contribution is 2.23. The van der Waals surface area contributed by atoms with Gasteiger partial charge in [0.25, 0.3) is 0 Å². The van der Waals surface area contributed by atoms with Gasteiger partial charge in [0.1, 0.15) is 0 Å². The second kappa shape index (κ2) is 9.62. The Hall–Kier alpha value is -1.81. The summed E-state index contributed by atoms with van der Waals surface area (Å²) in [6, 6.07) is 15.5. The van der Waals surface area contributed by atoms with Crippen LogP contribution in [0.25, 0.3) is 6.08 Å². The zero-order valence-electron chi connectivity index (χ0n) is 14.7. The van der Waals surface area contributed by atoms with Crippen LogP contribution in [-0.2, 0) is 0 Å². The molecule has 0 spiro atoms. The Balaban J connectivity index is 2.20. The van der Waals surface area contributed by atoms with E-state index in [0.29, 0.717) is 10.0 Å². The number of nitrogens with zero attached hydrogens (tertiary/aromatic N) is 2. The van der Waals surface area contributed by atoms with Crippen molar-refractivity contribution in [3.63, 3.8) is 0 Å². The maximum Gasteiger partial charge on any atom is 0.0648 e. The molecular weight excluding hydrogens is 353 g/mol. The highest BCUT2D eigenvalue weighted by molar-refractivity contribution is 6.42. The summed E-state index contributed by atoms with van der Waals surface area (Å²) in [6.45, 7) is 3.06. The van der Waals surface area contributed by atoms with E-state index in [9.17, 15) is 0 Å². The molecule has 0 aliphatic carbocycles. The molecule has 132 valence electrons. The Bertz CT molecular complexity index is 740. The molecule has 25 heavy (non-hydrogen) atoms. The molecule has 1 unspecified atom stereocenters. The summed E-state index contributed by atoms with van der Waals surface area (Å²) >= 11 is 12.1. The maximum absolute atomic E-state index is 6.09. The topological polar surface area (TPSA) is 27.6 Å². The minimum Gasteiger partial charge on any atom is -0.309 e. The lowest BCUT2D eigenvalue weighted by atomic mass is 10.0.